The van der Waals surface area contributed by atoms with Gasteiger partial charge in [-0.1, -0.05) is 107 Å². The van der Waals surface area contributed by atoms with Crippen LogP contribution in [0, 0.1) is 6.92 Å². The maximum atomic E-state index is 2.73. The van der Waals surface area contributed by atoms with Gasteiger partial charge in [0.1, 0.15) is 0 Å². The van der Waals surface area contributed by atoms with Crippen LogP contribution in [0.5, 0.6) is 0 Å². The largest absolute Gasteiger partial charge is 0.311 e. The van der Waals surface area contributed by atoms with Crippen molar-refractivity contribution in [3.05, 3.63) is 118 Å². The van der Waals surface area contributed by atoms with Gasteiger partial charge in [-0.25, -0.2) is 0 Å². The van der Waals surface area contributed by atoms with Crippen LogP contribution in [0.2, 0.25) is 19.6 Å². The van der Waals surface area contributed by atoms with Crippen molar-refractivity contribution in [2.24, 2.45) is 0 Å². The SMILES string of the molecule is Cc1cc2c3c(c1)N(c1ccc([Si-](C)(C)C)cc1)c1c(sc4cc5c(cc14)C(C)(C)CCC5(C)C)B3c1cc3c(cc1N2c1ccc2c(c1)C(C)(C)CCC2(C)C)C(C)(C)CCC3(C)C. The minimum atomic E-state index is -1.53. The number of thiophene rings is 1. The number of hydrogen-bond donors (Lipinski definition) is 0. The van der Waals surface area contributed by atoms with Crippen molar-refractivity contribution in [3.8, 4) is 0 Å². The van der Waals surface area contributed by atoms with Crippen molar-refractivity contribution in [2.75, 3.05) is 9.80 Å². The summed E-state index contributed by atoms with van der Waals surface area (Å²) in [6.07, 6.45) is 7.23. The van der Waals surface area contributed by atoms with Crippen molar-refractivity contribution in [3.63, 3.8) is 0 Å². The van der Waals surface area contributed by atoms with Crippen LogP contribution in [-0.4, -0.2) is 14.8 Å². The summed E-state index contributed by atoms with van der Waals surface area (Å²) in [6.45, 7) is 39.7. The quantitative estimate of drug-likeness (QED) is 0.163. The highest BCUT2D eigenvalue weighted by molar-refractivity contribution is 7.33. The predicted molar refractivity (Wildman–Crippen MR) is 289 cm³/mol. The average molecular weight is 893 g/mol. The smallest absolute Gasteiger partial charge is 0.264 e. The molecule has 2 aliphatic heterocycles. The normalized spacial score (nSPS) is 21.2. The van der Waals surface area contributed by atoms with Crippen molar-refractivity contribution in [1.29, 1.82) is 0 Å². The molecule has 0 unspecified atom stereocenters. The van der Waals surface area contributed by atoms with Gasteiger partial charge in [-0.15, -0.1) is 19.4 Å². The zero-order valence-corrected chi connectivity index (χ0v) is 44.4. The van der Waals surface area contributed by atoms with Crippen LogP contribution in [0.1, 0.15) is 161 Å². The topological polar surface area (TPSA) is 6.48 Å². The van der Waals surface area contributed by atoms with Gasteiger partial charge in [0.25, 0.3) is 6.71 Å². The molecule has 0 N–H and O–H groups in total. The van der Waals surface area contributed by atoms with E-state index in [-0.39, 0.29) is 39.2 Å². The zero-order valence-electron chi connectivity index (χ0n) is 42.6. The van der Waals surface area contributed by atoms with Crippen LogP contribution in [0.15, 0.2) is 78.9 Å². The Balaban J connectivity index is 1.27. The van der Waals surface area contributed by atoms with E-state index in [9.17, 15) is 0 Å². The first-order valence-electron chi connectivity index (χ1n) is 25.0. The molecule has 1 aromatic heterocycles. The number of aryl methyl sites for hydroxylation is 1. The van der Waals surface area contributed by atoms with Gasteiger partial charge < -0.3 is 9.80 Å². The van der Waals surface area contributed by atoms with E-state index < -0.39 is 8.07 Å². The third-order valence-corrected chi connectivity index (χ3v) is 21.1. The van der Waals surface area contributed by atoms with E-state index in [0.717, 1.165) is 0 Å². The number of hydrogen-bond acceptors (Lipinski definition) is 3. The molecule has 65 heavy (non-hydrogen) atoms. The highest BCUT2D eigenvalue weighted by Gasteiger charge is 2.49. The van der Waals surface area contributed by atoms with E-state index in [1.165, 1.54) is 126 Å². The summed E-state index contributed by atoms with van der Waals surface area (Å²) in [5, 5.41) is 2.92. The molecule has 5 aromatic carbocycles. The van der Waals surface area contributed by atoms with Crippen LogP contribution in [0.4, 0.5) is 34.1 Å². The molecular weight excluding hydrogens is 820 g/mol. The van der Waals surface area contributed by atoms with Gasteiger partial charge >= 0.3 is 0 Å². The molecule has 0 amide bonds. The molecule has 5 heteroatoms. The first-order valence-corrected chi connectivity index (χ1v) is 29.3. The summed E-state index contributed by atoms with van der Waals surface area (Å²) in [4.78, 5) is 5.44. The van der Waals surface area contributed by atoms with Gasteiger partial charge in [-0.3, -0.25) is 0 Å². The van der Waals surface area contributed by atoms with Gasteiger partial charge in [0.15, 0.2) is 0 Å². The fraction of sp³-hybridized carbons (Fsp3) is 0.467. The minimum Gasteiger partial charge on any atom is -0.311 e. The molecule has 6 aromatic rings. The molecule has 0 bridgehead atoms. The van der Waals surface area contributed by atoms with E-state index in [0.29, 0.717) is 0 Å². The molecule has 5 aliphatic rings. The second-order valence-electron chi connectivity index (χ2n) is 26.3. The summed E-state index contributed by atoms with van der Waals surface area (Å²) in [5.74, 6) is 0. The van der Waals surface area contributed by atoms with Crippen molar-refractivity contribution in [2.45, 2.75) is 181 Å². The lowest BCUT2D eigenvalue weighted by Gasteiger charge is -2.47. The van der Waals surface area contributed by atoms with Gasteiger partial charge in [0.2, 0.25) is 0 Å². The monoisotopic (exact) mass is 893 g/mol. The third kappa shape index (κ3) is 6.36. The number of benzene rings is 5. The second kappa shape index (κ2) is 13.6. The highest BCUT2D eigenvalue weighted by atomic mass is 32.1. The van der Waals surface area contributed by atoms with E-state index in [2.05, 4.69) is 210 Å². The number of rotatable bonds is 3. The van der Waals surface area contributed by atoms with E-state index in [4.69, 9.17) is 0 Å². The maximum absolute atomic E-state index is 2.73. The summed E-state index contributed by atoms with van der Waals surface area (Å²) in [5.41, 5.74) is 22.1. The third-order valence-electron chi connectivity index (χ3n) is 17.8. The average Bonchev–Trinajstić information content (AvgIpc) is 3.60. The zero-order chi connectivity index (χ0) is 46.3. The molecule has 3 heterocycles. The first-order chi connectivity index (χ1) is 30.2. The van der Waals surface area contributed by atoms with Crippen LogP contribution < -0.4 is 30.7 Å². The molecule has 0 saturated carbocycles. The lowest BCUT2D eigenvalue weighted by molar-refractivity contribution is 0.332. The summed E-state index contributed by atoms with van der Waals surface area (Å²) in [6, 6.07) is 33.2. The summed E-state index contributed by atoms with van der Waals surface area (Å²) >= 11 is 2.08. The second-order valence-corrected chi connectivity index (χ2v) is 32.5. The van der Waals surface area contributed by atoms with Crippen LogP contribution in [-0.2, 0) is 32.5 Å². The van der Waals surface area contributed by atoms with Gasteiger partial charge in [0.05, 0.1) is 5.69 Å². The molecule has 0 fully saturated rings. The fourth-order valence-corrected chi connectivity index (χ4v) is 15.6. The van der Waals surface area contributed by atoms with E-state index in [1.807, 2.05) is 0 Å². The molecule has 3 aliphatic carbocycles. The standard InChI is InChI=1S/C60H73BN2SSi/c1-36-29-49-52-50(30-36)63(37-17-20-39(21-18-37)65(14,15)16)53-40-32-43-46(60(12,13)28-25-57(43,6)7)35-51(40)64-54(53)61(52)47-33-44-45(59(10,11)27-26-58(44,8)9)34-48(47)62(49)38-19-22-41-42(31-38)56(4,5)24-23-55(41,2)3/h17-22,29-35H,23-28H2,1-16H3/q-1. The Hall–Kier alpha value is -4.06. The van der Waals surface area contributed by atoms with Crippen LogP contribution >= 0.6 is 11.3 Å². The maximum Gasteiger partial charge on any atom is 0.264 e. The number of fused-ring (bicyclic) bond motifs is 9. The molecule has 0 radical (unpaired) electrons. The van der Waals surface area contributed by atoms with Crippen LogP contribution in [0.3, 0.4) is 0 Å². The molecule has 337 valence electrons. The van der Waals surface area contributed by atoms with Crippen molar-refractivity contribution >= 4 is 91.2 Å². The predicted octanol–water partition coefficient (Wildman–Crippen LogP) is 14.9. The minimum absolute atomic E-state index is 0.0817. The Bertz CT molecular complexity index is 3010. The Kier molecular flexibility index (Phi) is 9.07. The van der Waals surface area contributed by atoms with Crippen LogP contribution in [0.25, 0.3) is 10.1 Å². The van der Waals surface area contributed by atoms with Crippen molar-refractivity contribution in [1.82, 2.24) is 0 Å². The Morgan fingerprint density at radius 2 is 0.938 bits per heavy atom. The lowest BCUT2D eigenvalue weighted by atomic mass is 9.35. The summed E-state index contributed by atoms with van der Waals surface area (Å²) in [7, 11) is -1.53. The molecular formula is C60H73BN2SSi-. The molecule has 2 nitrogen and oxygen atoms in total. The van der Waals surface area contributed by atoms with E-state index >= 15 is 0 Å². The molecule has 0 atom stereocenters. The summed E-state index contributed by atoms with van der Waals surface area (Å²) < 4.78 is 2.92. The van der Waals surface area contributed by atoms with Gasteiger partial charge in [-0.2, -0.15) is 24.8 Å². The molecule has 0 saturated heterocycles. The Morgan fingerprint density at radius 1 is 0.477 bits per heavy atom. The molecule has 0 spiro atoms. The lowest BCUT2D eigenvalue weighted by Crippen LogP contribution is -2.61. The van der Waals surface area contributed by atoms with E-state index in [1.54, 1.807) is 16.7 Å². The first kappa shape index (κ1) is 43.5. The van der Waals surface area contributed by atoms with Gasteiger partial charge in [-0.05, 0) is 182 Å². The number of nitrogens with zero attached hydrogens (tertiary/aromatic N) is 2. The fourth-order valence-electron chi connectivity index (χ4n) is 13.1. The Labute approximate surface area is 397 Å². The Morgan fingerprint density at radius 3 is 1.49 bits per heavy atom. The number of anilines is 6. The highest BCUT2D eigenvalue weighted by Crippen LogP contribution is 2.55. The van der Waals surface area contributed by atoms with Gasteiger partial charge in [0, 0.05) is 43.3 Å². The van der Waals surface area contributed by atoms with Crippen molar-refractivity contribution < 1.29 is 0 Å². The molecule has 11 rings (SSSR count).